The molecular weight excluding hydrogens is 650 g/mol. The Morgan fingerprint density at radius 3 is 2.44 bits per heavy atom. The first-order chi connectivity index (χ1) is 22.7. The van der Waals surface area contributed by atoms with Gasteiger partial charge in [-0.15, -0.1) is 0 Å². The second-order valence-corrected chi connectivity index (χ2v) is 13.5. The van der Waals surface area contributed by atoms with Crippen molar-refractivity contribution >= 4 is 40.5 Å². The lowest BCUT2D eigenvalue weighted by Gasteiger charge is -2.55. The zero-order chi connectivity index (χ0) is 34.3. The van der Waals surface area contributed by atoms with Crippen molar-refractivity contribution in [3.63, 3.8) is 0 Å². The number of halogens is 4. The lowest BCUT2D eigenvalue weighted by Crippen LogP contribution is -2.71. The summed E-state index contributed by atoms with van der Waals surface area (Å²) in [6, 6.07) is 11.0. The van der Waals surface area contributed by atoms with E-state index in [0.717, 1.165) is 22.6 Å². The van der Waals surface area contributed by atoms with Crippen LogP contribution >= 0.6 is 12.2 Å². The average molecular weight is 682 g/mol. The van der Waals surface area contributed by atoms with Crippen molar-refractivity contribution in [3.8, 4) is 6.07 Å². The number of amides is 2. The third kappa shape index (κ3) is 4.94. The van der Waals surface area contributed by atoms with Crippen LogP contribution in [-0.2, 0) is 22.8 Å². The Labute approximate surface area is 278 Å². The van der Waals surface area contributed by atoms with Gasteiger partial charge in [0.15, 0.2) is 5.11 Å². The van der Waals surface area contributed by atoms with E-state index in [4.69, 9.17) is 12.2 Å². The molecular formula is C32H31F4N9O2S. The Kier molecular flexibility index (Phi) is 7.57. The zero-order valence-electron chi connectivity index (χ0n) is 26.0. The maximum Gasteiger partial charge on any atom is 0.417 e. The molecule has 16 heteroatoms. The molecule has 250 valence electrons. The summed E-state index contributed by atoms with van der Waals surface area (Å²) in [5, 5.41) is 17.1. The van der Waals surface area contributed by atoms with Gasteiger partial charge < -0.3 is 10.2 Å². The molecule has 4 fully saturated rings. The van der Waals surface area contributed by atoms with Crippen LogP contribution in [0.25, 0.3) is 0 Å². The summed E-state index contributed by atoms with van der Waals surface area (Å²) in [5.74, 6) is -1.08. The minimum atomic E-state index is -4.81. The van der Waals surface area contributed by atoms with Crippen molar-refractivity contribution < 1.29 is 27.2 Å². The van der Waals surface area contributed by atoms with Crippen LogP contribution in [-0.4, -0.2) is 55.5 Å². The molecule has 4 heterocycles. The minimum Gasteiger partial charge on any atom is -0.306 e. The number of aromatic nitrogens is 3. The molecule has 1 aliphatic carbocycles. The first kappa shape index (κ1) is 32.1. The van der Waals surface area contributed by atoms with Crippen molar-refractivity contribution in [2.75, 3.05) is 9.80 Å². The predicted octanol–water partition coefficient (Wildman–Crippen LogP) is 3.79. The molecule has 2 amide bonds. The number of rotatable bonds is 4. The van der Waals surface area contributed by atoms with Crippen molar-refractivity contribution in [1.82, 2.24) is 30.9 Å². The highest BCUT2D eigenvalue weighted by atomic mass is 32.1. The van der Waals surface area contributed by atoms with Gasteiger partial charge in [-0.3, -0.25) is 24.6 Å². The smallest absolute Gasteiger partial charge is 0.306 e. The van der Waals surface area contributed by atoms with Crippen LogP contribution in [0.1, 0.15) is 61.2 Å². The summed E-state index contributed by atoms with van der Waals surface area (Å²) in [6.45, 7) is 3.26. The van der Waals surface area contributed by atoms with Crippen LogP contribution in [0.15, 0.2) is 48.8 Å². The number of anilines is 2. The monoisotopic (exact) mass is 681 g/mol. The summed E-state index contributed by atoms with van der Waals surface area (Å²) in [7, 11) is 1.79. The Balaban J connectivity index is 1.23. The number of nitriles is 1. The number of hydrogen-bond acceptors (Lipinski definition) is 8. The highest BCUT2D eigenvalue weighted by Gasteiger charge is 2.56. The van der Waals surface area contributed by atoms with Gasteiger partial charge in [0.2, 0.25) is 5.91 Å². The Bertz CT molecular complexity index is 1860. The third-order valence-corrected chi connectivity index (χ3v) is 10.5. The molecule has 7 atom stereocenters. The molecule has 0 radical (unpaired) electrons. The van der Waals surface area contributed by atoms with E-state index in [0.29, 0.717) is 11.5 Å². The first-order valence-electron chi connectivity index (χ1n) is 15.4. The Morgan fingerprint density at radius 1 is 1.08 bits per heavy atom. The van der Waals surface area contributed by atoms with Gasteiger partial charge in [0, 0.05) is 42.7 Å². The van der Waals surface area contributed by atoms with Crippen LogP contribution in [0.5, 0.6) is 0 Å². The molecule has 5 unspecified atom stereocenters. The fourth-order valence-corrected chi connectivity index (χ4v) is 8.45. The van der Waals surface area contributed by atoms with Crippen molar-refractivity contribution in [1.29, 1.82) is 5.26 Å². The second-order valence-electron chi connectivity index (χ2n) is 13.2. The molecule has 48 heavy (non-hydrogen) atoms. The van der Waals surface area contributed by atoms with Crippen LogP contribution < -0.4 is 26.0 Å². The second kappa shape index (κ2) is 11.3. The maximum atomic E-state index is 14.9. The molecule has 0 bridgehead atoms. The summed E-state index contributed by atoms with van der Waals surface area (Å²) in [4.78, 5) is 33.7. The van der Waals surface area contributed by atoms with E-state index >= 15 is 0 Å². The fraction of sp³-hybridized carbons (Fsp3) is 0.438. The summed E-state index contributed by atoms with van der Waals surface area (Å²) in [6.07, 6.45) is -4.07. The average Bonchev–Trinajstić information content (AvgIpc) is 3.54. The van der Waals surface area contributed by atoms with Crippen molar-refractivity contribution in [3.05, 3.63) is 71.3 Å². The van der Waals surface area contributed by atoms with E-state index in [2.05, 4.69) is 26.3 Å². The quantitative estimate of drug-likeness (QED) is 0.278. The number of benzene rings is 2. The fourth-order valence-electron chi connectivity index (χ4n) is 7.93. The largest absolute Gasteiger partial charge is 0.417 e. The van der Waals surface area contributed by atoms with Crippen molar-refractivity contribution in [2.24, 2.45) is 18.9 Å². The molecule has 11 nitrogen and oxygen atoms in total. The number of aryl methyl sites for hydroxylation is 1. The molecule has 7 rings (SSSR count). The SMILES string of the molecule is Cn1ncnc1[C@H]1C2NNC(=O)C3CC(F)CC(N[C@@H]1c1ccc(N4C(=S)N(c5ccc(C#N)c(C(F)(F)F)c5)C(=O)C4(C)C)cc1)C32. The summed E-state index contributed by atoms with van der Waals surface area (Å²) in [5.41, 5.74) is 4.24. The standard InChI is InChI=1S/C32H31F4N9O2S/c1-31(2)29(47)44(19-9-6-16(13-37)21(12-19)32(34,35)36)30(48)45(31)18-7-4-15(5-8-18)25-24(27-38-14-39-43(27)3)26-23-20(28(46)42-41-26)10-17(33)11-22(23)40-25/h4-9,12,14,17,20,22-26,40-41H,10-11H2,1-3H3,(H,42,46)/t17?,20?,22?,23?,24-,25-,26?/m1/s1. The van der Waals surface area contributed by atoms with Gasteiger partial charge in [-0.05, 0) is 74.8 Å². The van der Waals surface area contributed by atoms with E-state index in [1.165, 1.54) is 12.4 Å². The van der Waals surface area contributed by atoms with Gasteiger partial charge in [-0.2, -0.15) is 23.5 Å². The van der Waals surface area contributed by atoms with Gasteiger partial charge in [-0.1, -0.05) is 12.1 Å². The Morgan fingerprint density at radius 2 is 1.79 bits per heavy atom. The maximum absolute atomic E-state index is 14.9. The van der Waals surface area contributed by atoms with Gasteiger partial charge in [0.1, 0.15) is 23.9 Å². The lowest BCUT2D eigenvalue weighted by molar-refractivity contribution is -0.139. The molecule has 4 aliphatic rings. The predicted molar refractivity (Wildman–Crippen MR) is 169 cm³/mol. The molecule has 3 N–H and O–H groups in total. The molecule has 3 aliphatic heterocycles. The van der Waals surface area contributed by atoms with E-state index in [-0.39, 0.29) is 59.5 Å². The molecule has 3 saturated heterocycles. The highest BCUT2D eigenvalue weighted by molar-refractivity contribution is 7.81. The number of piperidine rings is 1. The van der Waals surface area contributed by atoms with Crippen LogP contribution in [0, 0.1) is 23.2 Å². The number of hydrogen-bond donors (Lipinski definition) is 3. The number of nitrogens with one attached hydrogen (secondary N) is 3. The van der Waals surface area contributed by atoms with E-state index in [9.17, 15) is 32.4 Å². The van der Waals surface area contributed by atoms with Crippen LogP contribution in [0.3, 0.4) is 0 Å². The van der Waals surface area contributed by atoms with E-state index < -0.39 is 40.8 Å². The normalized spacial score (nSPS) is 29.8. The van der Waals surface area contributed by atoms with E-state index in [1.807, 2.05) is 12.1 Å². The topological polar surface area (TPSA) is 131 Å². The number of carbonyl (C=O) groups excluding carboxylic acids is 2. The molecule has 2 aromatic carbocycles. The number of thiocarbonyl (C=S) groups is 1. The number of nitrogens with zero attached hydrogens (tertiary/aromatic N) is 6. The van der Waals surface area contributed by atoms with E-state index in [1.54, 1.807) is 48.7 Å². The van der Waals surface area contributed by atoms with Gasteiger partial charge in [0.05, 0.1) is 28.8 Å². The Hall–Kier alpha value is -4.46. The van der Waals surface area contributed by atoms with Gasteiger partial charge in [0.25, 0.3) is 5.91 Å². The molecule has 1 saturated carbocycles. The summed E-state index contributed by atoms with van der Waals surface area (Å²) >= 11 is 5.70. The molecule has 0 spiro atoms. The minimum absolute atomic E-state index is 0.0180. The lowest BCUT2D eigenvalue weighted by atomic mass is 9.62. The van der Waals surface area contributed by atoms with Crippen LogP contribution in [0.4, 0.5) is 28.9 Å². The van der Waals surface area contributed by atoms with Crippen LogP contribution in [0.2, 0.25) is 0 Å². The zero-order valence-corrected chi connectivity index (χ0v) is 26.8. The van der Waals surface area contributed by atoms with Crippen molar-refractivity contribution in [2.45, 2.75) is 68.6 Å². The summed E-state index contributed by atoms with van der Waals surface area (Å²) < 4.78 is 57.9. The molecule has 3 aromatic rings. The highest BCUT2D eigenvalue weighted by Crippen LogP contribution is 2.49. The molecule has 1 aromatic heterocycles. The van der Waals surface area contributed by atoms with Gasteiger partial charge in [-0.25, -0.2) is 14.8 Å². The number of carbonyl (C=O) groups is 2. The number of hydrazine groups is 1. The first-order valence-corrected chi connectivity index (χ1v) is 15.8. The van der Waals surface area contributed by atoms with Gasteiger partial charge >= 0.3 is 6.18 Å². The third-order valence-electron chi connectivity index (χ3n) is 10.1. The number of alkyl halides is 4.